The first-order chi connectivity index (χ1) is 5.88. The van der Waals surface area contributed by atoms with Crippen molar-refractivity contribution in [3.05, 3.63) is 41.9 Å². The van der Waals surface area contributed by atoms with Crippen LogP contribution >= 0.6 is 11.6 Å². The summed E-state index contributed by atoms with van der Waals surface area (Å²) in [6.07, 6.45) is 2.34. The van der Waals surface area contributed by atoms with E-state index in [-0.39, 0.29) is 5.22 Å². The van der Waals surface area contributed by atoms with E-state index in [0.717, 1.165) is 5.56 Å². The molecule has 0 amide bonds. The van der Waals surface area contributed by atoms with E-state index < -0.39 is 0 Å². The van der Waals surface area contributed by atoms with Crippen LogP contribution in [0.3, 0.4) is 0 Å². The predicted molar refractivity (Wildman–Crippen MR) is 45.8 cm³/mol. The van der Waals surface area contributed by atoms with Crippen LogP contribution in [0.5, 0.6) is 0 Å². The lowest BCUT2D eigenvalue weighted by Crippen LogP contribution is -1.75. The summed E-state index contributed by atoms with van der Waals surface area (Å²) in [5.74, 6) is 0. The van der Waals surface area contributed by atoms with E-state index in [1.54, 1.807) is 0 Å². The van der Waals surface area contributed by atoms with Crippen LogP contribution in [0.4, 0.5) is 0 Å². The summed E-state index contributed by atoms with van der Waals surface area (Å²) in [6, 6.07) is 9.59. The maximum absolute atomic E-state index is 5.71. The number of halogens is 1. The minimum atomic E-state index is 0.279. The first kappa shape index (κ1) is 7.37. The lowest BCUT2D eigenvalue weighted by Gasteiger charge is -1.93. The van der Waals surface area contributed by atoms with E-state index >= 15 is 0 Å². The van der Waals surface area contributed by atoms with Crippen molar-refractivity contribution in [3.8, 4) is 11.3 Å². The molecule has 2 aromatic rings. The second-order valence-corrected chi connectivity index (χ2v) is 2.64. The molecule has 12 heavy (non-hydrogen) atoms. The van der Waals surface area contributed by atoms with Gasteiger partial charge in [0, 0.05) is 5.56 Å². The van der Waals surface area contributed by atoms with E-state index in [1.165, 1.54) is 0 Å². The van der Waals surface area contributed by atoms with E-state index in [2.05, 4.69) is 11.4 Å². The summed E-state index contributed by atoms with van der Waals surface area (Å²) < 4.78 is 4.75. The third kappa shape index (κ3) is 1.21. The third-order valence-corrected chi connectivity index (χ3v) is 1.78. The monoisotopic (exact) mass is 178 g/mol. The van der Waals surface area contributed by atoms with Crippen molar-refractivity contribution in [1.29, 1.82) is 0 Å². The molecule has 0 unspecified atom stereocenters. The molecule has 0 saturated carbocycles. The molecule has 1 radical (unpaired) electrons. The Kier molecular flexibility index (Phi) is 1.84. The van der Waals surface area contributed by atoms with Gasteiger partial charge in [0.2, 0.25) is 5.22 Å². The second kappa shape index (κ2) is 2.99. The van der Waals surface area contributed by atoms with Gasteiger partial charge < -0.3 is 4.42 Å². The van der Waals surface area contributed by atoms with Crippen LogP contribution in [-0.4, -0.2) is 4.98 Å². The van der Waals surface area contributed by atoms with Crippen LogP contribution in [0.2, 0.25) is 5.22 Å². The minimum absolute atomic E-state index is 0.279. The number of rotatable bonds is 1. The summed E-state index contributed by atoms with van der Waals surface area (Å²) in [5.41, 5.74) is 1.57. The van der Waals surface area contributed by atoms with Gasteiger partial charge in [-0.05, 0) is 11.6 Å². The SMILES string of the molecule is Clc1o[c]nc1-c1ccccc1. The van der Waals surface area contributed by atoms with Crippen molar-refractivity contribution in [2.75, 3.05) is 0 Å². The van der Waals surface area contributed by atoms with Crippen molar-refractivity contribution in [2.24, 2.45) is 0 Å². The Morgan fingerprint density at radius 2 is 2.00 bits per heavy atom. The summed E-state index contributed by atoms with van der Waals surface area (Å²) in [4.78, 5) is 3.86. The maximum atomic E-state index is 5.71. The van der Waals surface area contributed by atoms with Gasteiger partial charge >= 0.3 is 0 Å². The molecule has 0 aliphatic carbocycles. The minimum Gasteiger partial charge on any atom is -0.420 e. The number of nitrogens with zero attached hydrogens (tertiary/aromatic N) is 1. The van der Waals surface area contributed by atoms with Crippen LogP contribution < -0.4 is 0 Å². The zero-order valence-electron chi connectivity index (χ0n) is 6.12. The number of oxazole rings is 1. The van der Waals surface area contributed by atoms with E-state index in [9.17, 15) is 0 Å². The highest BCUT2D eigenvalue weighted by atomic mass is 35.5. The standard InChI is InChI=1S/C9H5ClNO/c10-9-8(11-6-12-9)7-4-2-1-3-5-7/h1-5H. The Hall–Kier alpha value is -1.28. The van der Waals surface area contributed by atoms with Crippen LogP contribution in [0.15, 0.2) is 34.7 Å². The van der Waals surface area contributed by atoms with Gasteiger partial charge in [0.15, 0.2) is 0 Å². The lowest BCUT2D eigenvalue weighted by molar-refractivity contribution is 0.550. The zero-order chi connectivity index (χ0) is 8.39. The van der Waals surface area contributed by atoms with Gasteiger partial charge in [0.05, 0.1) is 0 Å². The van der Waals surface area contributed by atoms with Crippen molar-refractivity contribution < 1.29 is 4.42 Å². The first-order valence-corrected chi connectivity index (χ1v) is 3.83. The highest BCUT2D eigenvalue weighted by Gasteiger charge is 2.06. The predicted octanol–water partition coefficient (Wildman–Crippen LogP) is 2.80. The molecule has 1 aromatic heterocycles. The molecule has 0 fully saturated rings. The van der Waals surface area contributed by atoms with Crippen LogP contribution in [0.25, 0.3) is 11.3 Å². The Balaban J connectivity index is 2.51. The lowest BCUT2D eigenvalue weighted by atomic mass is 10.2. The Morgan fingerprint density at radius 3 is 2.58 bits per heavy atom. The van der Waals surface area contributed by atoms with Crippen molar-refractivity contribution in [2.45, 2.75) is 0 Å². The first-order valence-electron chi connectivity index (χ1n) is 3.46. The maximum Gasteiger partial charge on any atom is 0.285 e. The molecular formula is C9H5ClNO. The fourth-order valence-corrected chi connectivity index (χ4v) is 1.16. The second-order valence-electron chi connectivity index (χ2n) is 2.29. The number of benzene rings is 1. The van der Waals surface area contributed by atoms with Gasteiger partial charge in [-0.25, -0.2) is 4.98 Å². The van der Waals surface area contributed by atoms with Crippen molar-refractivity contribution >= 4 is 11.6 Å². The van der Waals surface area contributed by atoms with E-state index in [1.807, 2.05) is 30.3 Å². The highest BCUT2D eigenvalue weighted by molar-refractivity contribution is 6.31. The molecule has 1 aromatic carbocycles. The van der Waals surface area contributed by atoms with Crippen LogP contribution in [0, 0.1) is 6.39 Å². The fraction of sp³-hybridized carbons (Fsp3) is 0. The van der Waals surface area contributed by atoms with Gasteiger partial charge in [0.25, 0.3) is 6.39 Å². The topological polar surface area (TPSA) is 26.0 Å². The smallest absolute Gasteiger partial charge is 0.285 e. The van der Waals surface area contributed by atoms with Gasteiger partial charge in [-0.3, -0.25) is 0 Å². The van der Waals surface area contributed by atoms with Gasteiger partial charge in [-0.1, -0.05) is 30.3 Å². The normalized spacial score (nSPS) is 10.1. The average Bonchev–Trinajstić information content (AvgIpc) is 2.53. The average molecular weight is 179 g/mol. The fourth-order valence-electron chi connectivity index (χ4n) is 0.975. The Morgan fingerprint density at radius 1 is 1.25 bits per heavy atom. The molecule has 0 spiro atoms. The van der Waals surface area contributed by atoms with Crippen LogP contribution in [0.1, 0.15) is 0 Å². The van der Waals surface area contributed by atoms with Crippen molar-refractivity contribution in [3.63, 3.8) is 0 Å². The molecular weight excluding hydrogens is 174 g/mol. The number of hydrogen-bond donors (Lipinski definition) is 0. The molecule has 0 bridgehead atoms. The molecule has 59 valence electrons. The zero-order valence-corrected chi connectivity index (χ0v) is 6.88. The third-order valence-electron chi connectivity index (χ3n) is 1.53. The van der Waals surface area contributed by atoms with E-state index in [0.29, 0.717) is 5.69 Å². The number of aromatic nitrogens is 1. The molecule has 2 nitrogen and oxygen atoms in total. The molecule has 0 aliphatic heterocycles. The largest absolute Gasteiger partial charge is 0.420 e. The Labute approximate surface area is 74.8 Å². The summed E-state index contributed by atoms with van der Waals surface area (Å²) in [5, 5.41) is 0.279. The quantitative estimate of drug-likeness (QED) is 0.671. The highest BCUT2D eigenvalue weighted by Crippen LogP contribution is 2.24. The molecule has 0 N–H and O–H groups in total. The van der Waals surface area contributed by atoms with E-state index in [4.69, 9.17) is 16.0 Å². The van der Waals surface area contributed by atoms with Gasteiger partial charge in [-0.15, -0.1) is 0 Å². The summed E-state index contributed by atoms with van der Waals surface area (Å²) >= 11 is 5.71. The molecule has 0 aliphatic rings. The molecule has 3 heteroatoms. The Bertz CT molecular complexity index is 369. The number of hydrogen-bond acceptors (Lipinski definition) is 2. The molecule has 2 rings (SSSR count). The molecule has 1 heterocycles. The van der Waals surface area contributed by atoms with Gasteiger partial charge in [0.1, 0.15) is 5.69 Å². The molecule has 0 saturated heterocycles. The molecule has 0 atom stereocenters. The van der Waals surface area contributed by atoms with Crippen LogP contribution in [-0.2, 0) is 0 Å². The van der Waals surface area contributed by atoms with Gasteiger partial charge in [-0.2, -0.15) is 0 Å². The van der Waals surface area contributed by atoms with Crippen molar-refractivity contribution in [1.82, 2.24) is 4.98 Å². The summed E-state index contributed by atoms with van der Waals surface area (Å²) in [6.45, 7) is 0. The summed E-state index contributed by atoms with van der Waals surface area (Å²) in [7, 11) is 0.